The summed E-state index contributed by atoms with van der Waals surface area (Å²) in [6.45, 7) is 1.74. The van der Waals surface area contributed by atoms with E-state index in [9.17, 15) is 9.50 Å². The quantitative estimate of drug-likeness (QED) is 0.657. The third-order valence-corrected chi connectivity index (χ3v) is 4.17. The second kappa shape index (κ2) is 2.26. The Morgan fingerprint density at radius 3 is 2.77 bits per heavy atom. The number of rotatable bonds is 1. The van der Waals surface area contributed by atoms with E-state index in [0.29, 0.717) is 18.4 Å². The van der Waals surface area contributed by atoms with Crippen molar-refractivity contribution in [3.63, 3.8) is 0 Å². The molecular weight excluding hydrogens is 169 g/mol. The Bertz CT molecular complexity index is 241. The molecule has 2 saturated heterocycles. The van der Waals surface area contributed by atoms with Crippen LogP contribution in [0.3, 0.4) is 0 Å². The smallest absolute Gasteiger partial charge is 0.115 e. The molecule has 74 valence electrons. The number of aliphatic hydroxyl groups is 1. The first kappa shape index (κ1) is 8.18. The Hall–Kier alpha value is -0.150. The lowest BCUT2D eigenvalue weighted by molar-refractivity contribution is 0.0994. The van der Waals surface area contributed by atoms with Gasteiger partial charge < -0.3 is 5.11 Å². The molecule has 0 aromatic carbocycles. The van der Waals surface area contributed by atoms with Gasteiger partial charge in [0.15, 0.2) is 0 Å². The second-order valence-corrected chi connectivity index (χ2v) is 5.24. The van der Waals surface area contributed by atoms with Gasteiger partial charge in [0.05, 0.1) is 6.61 Å². The van der Waals surface area contributed by atoms with Gasteiger partial charge in [0.2, 0.25) is 0 Å². The van der Waals surface area contributed by atoms with E-state index in [0.717, 1.165) is 13.0 Å². The number of nitrogens with zero attached hydrogens (tertiary/aromatic N) is 1. The van der Waals surface area contributed by atoms with Gasteiger partial charge in [-0.1, -0.05) is 0 Å². The SMILES string of the molecule is OC[C@@]12C[C@H](F)CN1CC1(CC1)C2. The number of aliphatic hydroxyl groups excluding tert-OH is 1. The third kappa shape index (κ3) is 1.00. The van der Waals surface area contributed by atoms with Gasteiger partial charge in [-0.3, -0.25) is 4.90 Å². The summed E-state index contributed by atoms with van der Waals surface area (Å²) in [7, 11) is 0. The van der Waals surface area contributed by atoms with Crippen molar-refractivity contribution in [3.05, 3.63) is 0 Å². The molecule has 2 atom stereocenters. The minimum absolute atomic E-state index is 0.148. The maximum Gasteiger partial charge on any atom is 0.115 e. The van der Waals surface area contributed by atoms with Crippen molar-refractivity contribution in [2.75, 3.05) is 19.7 Å². The fourth-order valence-corrected chi connectivity index (χ4v) is 3.35. The van der Waals surface area contributed by atoms with Crippen molar-refractivity contribution in [1.29, 1.82) is 0 Å². The summed E-state index contributed by atoms with van der Waals surface area (Å²) < 4.78 is 13.2. The zero-order valence-electron chi connectivity index (χ0n) is 7.80. The molecule has 0 bridgehead atoms. The lowest BCUT2D eigenvalue weighted by Gasteiger charge is -2.28. The lowest BCUT2D eigenvalue weighted by Crippen LogP contribution is -2.41. The van der Waals surface area contributed by atoms with E-state index in [4.69, 9.17) is 0 Å². The molecule has 1 N–H and O–H groups in total. The van der Waals surface area contributed by atoms with Gasteiger partial charge in [-0.25, -0.2) is 4.39 Å². The normalized spacial score (nSPS) is 47.1. The van der Waals surface area contributed by atoms with Gasteiger partial charge in [0.25, 0.3) is 0 Å². The Morgan fingerprint density at radius 2 is 2.23 bits per heavy atom. The molecule has 3 heteroatoms. The number of hydrogen-bond acceptors (Lipinski definition) is 2. The molecule has 2 nitrogen and oxygen atoms in total. The average molecular weight is 185 g/mol. The van der Waals surface area contributed by atoms with Crippen LogP contribution in [-0.4, -0.2) is 41.4 Å². The summed E-state index contributed by atoms with van der Waals surface area (Å²) in [6, 6.07) is 0. The Kier molecular flexibility index (Phi) is 1.42. The third-order valence-electron chi connectivity index (χ3n) is 4.17. The van der Waals surface area contributed by atoms with Crippen molar-refractivity contribution >= 4 is 0 Å². The van der Waals surface area contributed by atoms with E-state index >= 15 is 0 Å². The molecule has 3 aliphatic rings. The zero-order valence-corrected chi connectivity index (χ0v) is 7.80. The minimum atomic E-state index is -0.705. The van der Waals surface area contributed by atoms with Crippen molar-refractivity contribution in [3.8, 4) is 0 Å². The average Bonchev–Trinajstić information content (AvgIpc) is 2.64. The molecule has 2 aliphatic heterocycles. The van der Waals surface area contributed by atoms with Crippen LogP contribution < -0.4 is 0 Å². The van der Waals surface area contributed by atoms with Gasteiger partial charge >= 0.3 is 0 Å². The molecule has 2 heterocycles. The number of alkyl halides is 1. The van der Waals surface area contributed by atoms with Gasteiger partial charge in [0, 0.05) is 25.0 Å². The predicted molar refractivity (Wildman–Crippen MR) is 47.2 cm³/mol. The van der Waals surface area contributed by atoms with E-state index < -0.39 is 6.17 Å². The van der Waals surface area contributed by atoms with Crippen LogP contribution in [0.5, 0.6) is 0 Å². The van der Waals surface area contributed by atoms with Gasteiger partial charge in [-0.2, -0.15) is 0 Å². The van der Waals surface area contributed by atoms with Gasteiger partial charge in [-0.05, 0) is 24.7 Å². The van der Waals surface area contributed by atoms with E-state index in [-0.39, 0.29) is 12.1 Å². The Labute approximate surface area is 77.7 Å². The molecule has 3 fully saturated rings. The minimum Gasteiger partial charge on any atom is -0.394 e. The summed E-state index contributed by atoms with van der Waals surface area (Å²) in [5.41, 5.74) is 0.318. The Morgan fingerprint density at radius 1 is 1.46 bits per heavy atom. The van der Waals surface area contributed by atoms with Crippen molar-refractivity contribution < 1.29 is 9.50 Å². The molecule has 1 spiro atoms. The van der Waals surface area contributed by atoms with Crippen LogP contribution >= 0.6 is 0 Å². The second-order valence-electron chi connectivity index (χ2n) is 5.24. The molecule has 1 saturated carbocycles. The van der Waals surface area contributed by atoms with Crippen LogP contribution in [0.4, 0.5) is 4.39 Å². The van der Waals surface area contributed by atoms with Crippen molar-refractivity contribution in [2.24, 2.45) is 5.41 Å². The molecule has 3 rings (SSSR count). The van der Waals surface area contributed by atoms with Gasteiger partial charge in [-0.15, -0.1) is 0 Å². The summed E-state index contributed by atoms with van der Waals surface area (Å²) in [4.78, 5) is 2.20. The highest BCUT2D eigenvalue weighted by Crippen LogP contribution is 2.60. The van der Waals surface area contributed by atoms with E-state index in [1.54, 1.807) is 0 Å². The van der Waals surface area contributed by atoms with Crippen LogP contribution in [0.15, 0.2) is 0 Å². The Balaban J connectivity index is 1.87. The summed E-state index contributed by atoms with van der Waals surface area (Å²) in [6.07, 6.45) is 3.48. The highest BCUT2D eigenvalue weighted by Gasteiger charge is 2.61. The van der Waals surface area contributed by atoms with Crippen LogP contribution in [0.2, 0.25) is 0 Å². The van der Waals surface area contributed by atoms with Crippen molar-refractivity contribution in [2.45, 2.75) is 37.4 Å². The lowest BCUT2D eigenvalue weighted by atomic mass is 9.89. The monoisotopic (exact) mass is 185 g/mol. The maximum atomic E-state index is 13.2. The standard InChI is InChI=1S/C10H16FNO/c11-8-3-10(7-13)5-9(1-2-9)6-12(10)4-8/h8,13H,1-7H2/t8-,10-/m0/s1. The van der Waals surface area contributed by atoms with Crippen LogP contribution in [-0.2, 0) is 0 Å². The number of fused-ring (bicyclic) bond motifs is 1. The molecule has 13 heavy (non-hydrogen) atoms. The molecule has 1 aliphatic carbocycles. The first-order valence-electron chi connectivity index (χ1n) is 5.18. The van der Waals surface area contributed by atoms with E-state index in [1.165, 1.54) is 12.8 Å². The number of halogens is 1. The maximum absolute atomic E-state index is 13.2. The van der Waals surface area contributed by atoms with Crippen LogP contribution in [0.1, 0.15) is 25.7 Å². The van der Waals surface area contributed by atoms with Crippen LogP contribution in [0.25, 0.3) is 0 Å². The molecule has 0 radical (unpaired) electrons. The van der Waals surface area contributed by atoms with E-state index in [1.807, 2.05) is 0 Å². The predicted octanol–water partition coefficient (Wildman–Crippen LogP) is 0.945. The highest BCUT2D eigenvalue weighted by atomic mass is 19.1. The first-order valence-corrected chi connectivity index (χ1v) is 5.18. The topological polar surface area (TPSA) is 23.5 Å². The van der Waals surface area contributed by atoms with E-state index in [2.05, 4.69) is 4.90 Å². The fourth-order valence-electron chi connectivity index (χ4n) is 3.35. The highest BCUT2D eigenvalue weighted by molar-refractivity contribution is 5.15. The molecule has 0 amide bonds. The molecule has 0 aromatic rings. The fraction of sp³-hybridized carbons (Fsp3) is 1.00. The van der Waals surface area contributed by atoms with Crippen molar-refractivity contribution in [1.82, 2.24) is 4.90 Å². The number of hydrogen-bond donors (Lipinski definition) is 1. The molecular formula is C10H16FNO. The zero-order chi connectivity index (χ0) is 9.10. The molecule has 0 unspecified atom stereocenters. The summed E-state index contributed by atoms with van der Waals surface area (Å²) in [5, 5.41) is 9.40. The first-order chi connectivity index (χ1) is 6.18. The summed E-state index contributed by atoms with van der Waals surface area (Å²) >= 11 is 0. The van der Waals surface area contributed by atoms with Crippen LogP contribution in [0, 0.1) is 5.41 Å². The molecule has 0 aromatic heterocycles. The largest absolute Gasteiger partial charge is 0.394 e. The van der Waals surface area contributed by atoms with Gasteiger partial charge in [0.1, 0.15) is 6.17 Å². The summed E-state index contributed by atoms with van der Waals surface area (Å²) in [5.74, 6) is 0.